The maximum Gasteiger partial charge on any atom is 0.115 e. The Kier molecular flexibility index (Phi) is 28.3. The van der Waals surface area contributed by atoms with Gasteiger partial charge in [-0.05, 0) is 177 Å². The van der Waals surface area contributed by atoms with Gasteiger partial charge in [0.25, 0.3) is 0 Å². The quantitative estimate of drug-likeness (QED) is 0.0340. The van der Waals surface area contributed by atoms with E-state index >= 15 is 0 Å². The molecule has 5 N–H and O–H groups in total. The van der Waals surface area contributed by atoms with Gasteiger partial charge in [-0.25, -0.2) is 0 Å². The molecule has 5 aromatic rings. The van der Waals surface area contributed by atoms with Gasteiger partial charge < -0.3 is 25.0 Å². The van der Waals surface area contributed by atoms with E-state index in [-0.39, 0.29) is 0 Å². The predicted molar refractivity (Wildman–Crippen MR) is 504 cm³/mol. The minimum atomic E-state index is -0.490. The summed E-state index contributed by atoms with van der Waals surface area (Å²) in [7, 11) is 0. The lowest BCUT2D eigenvalue weighted by molar-refractivity contribution is 0.475. The lowest BCUT2D eigenvalue weighted by Crippen LogP contribution is -2.27. The van der Waals surface area contributed by atoms with E-state index in [2.05, 4.69) is 206 Å². The van der Waals surface area contributed by atoms with E-state index in [1.807, 2.05) is 224 Å². The van der Waals surface area contributed by atoms with Crippen molar-refractivity contribution in [3.8, 4) is 5.75 Å². The molecule has 4 aromatic heterocycles. The molecule has 0 aliphatic carbocycles. The minimum absolute atomic E-state index is 0.331. The van der Waals surface area contributed by atoms with Crippen LogP contribution in [0.4, 0.5) is 0 Å². The molecule has 0 spiro atoms. The van der Waals surface area contributed by atoms with Crippen molar-refractivity contribution in [3.05, 3.63) is 143 Å². The summed E-state index contributed by atoms with van der Waals surface area (Å²) in [4.78, 5) is 29.1. The first-order valence-corrected chi connectivity index (χ1v) is 56.3. The molecule has 9 aliphatic heterocycles. The van der Waals surface area contributed by atoms with Crippen LogP contribution in [-0.4, -0.2) is 71.1 Å². The Balaban J connectivity index is 0.938. The Morgan fingerprint density at radius 2 is 0.437 bits per heavy atom. The maximum atomic E-state index is 10.0. The molecule has 14 rings (SSSR count). The summed E-state index contributed by atoms with van der Waals surface area (Å²) in [6.45, 7) is 36.5. The number of aromatic amines is 4. The zero-order valence-electron chi connectivity index (χ0n) is 60.6. The van der Waals surface area contributed by atoms with Crippen molar-refractivity contribution in [1.82, 2.24) is 19.9 Å². The van der Waals surface area contributed by atoms with Crippen LogP contribution in [0.25, 0.3) is 0 Å². The highest BCUT2D eigenvalue weighted by Gasteiger charge is 2.52. The van der Waals surface area contributed by atoms with Crippen molar-refractivity contribution in [2.75, 3.05) is 46.0 Å². The highest BCUT2D eigenvalue weighted by atomic mass is 32.3. The van der Waals surface area contributed by atoms with Gasteiger partial charge in [0.1, 0.15) is 5.75 Å². The number of aromatic nitrogens is 4. The molecule has 13 heterocycles. The third kappa shape index (κ3) is 16.8. The first-order valence-electron chi connectivity index (χ1n) is 35.3. The Morgan fingerprint density at radius 1 is 0.262 bits per heavy atom. The largest absolute Gasteiger partial charge is 0.508 e. The topological polar surface area (TPSA) is 83.4 Å². The van der Waals surface area contributed by atoms with Gasteiger partial charge in [-0.2, -0.15) is 0 Å². The van der Waals surface area contributed by atoms with Gasteiger partial charge >= 0.3 is 0 Å². The molecule has 0 saturated carbocycles. The van der Waals surface area contributed by atoms with Crippen LogP contribution in [0.2, 0.25) is 0 Å². The molecule has 0 saturated heterocycles. The maximum absolute atomic E-state index is 10.0. The van der Waals surface area contributed by atoms with Crippen molar-refractivity contribution in [1.29, 1.82) is 0 Å². The van der Waals surface area contributed by atoms with E-state index in [1.165, 1.54) is 197 Å². The smallest absolute Gasteiger partial charge is 0.115 e. The lowest BCUT2D eigenvalue weighted by Gasteiger charge is -2.30. The van der Waals surface area contributed by atoms with Crippen LogP contribution in [0.1, 0.15) is 206 Å². The number of aromatic hydroxyl groups is 1. The van der Waals surface area contributed by atoms with Gasteiger partial charge in [-0.1, -0.05) is 249 Å². The van der Waals surface area contributed by atoms with Crippen LogP contribution in [0.5, 0.6) is 5.75 Å². The Morgan fingerprint density at radius 3 is 0.621 bits per heavy atom. The summed E-state index contributed by atoms with van der Waals surface area (Å²) >= 11 is 49.1. The summed E-state index contributed by atoms with van der Waals surface area (Å²) in [6.07, 6.45) is 10.2. The second kappa shape index (κ2) is 35.5. The van der Waals surface area contributed by atoms with Gasteiger partial charge in [0, 0.05) is 106 Å². The molecule has 8 bridgehead atoms. The number of nitrogens with one attached hydrogen (secondary N) is 4. The molecular formula is C74H88N4OS24. The van der Waals surface area contributed by atoms with E-state index in [9.17, 15) is 5.11 Å². The summed E-state index contributed by atoms with van der Waals surface area (Å²) in [5.41, 5.74) is 9.76. The van der Waals surface area contributed by atoms with E-state index in [1.54, 1.807) is 0 Å². The number of H-pyrrole nitrogens is 4. The fourth-order valence-electron chi connectivity index (χ4n) is 12.4. The molecule has 0 amide bonds. The molecule has 1 aromatic carbocycles. The average molecular weight is 1820 g/mol. The van der Waals surface area contributed by atoms with E-state index in [4.69, 9.17) is 0 Å². The van der Waals surface area contributed by atoms with Crippen LogP contribution < -0.4 is 0 Å². The normalized spacial score (nSPS) is 20.2. The van der Waals surface area contributed by atoms with Crippen molar-refractivity contribution < 1.29 is 5.11 Å². The van der Waals surface area contributed by atoms with Crippen LogP contribution in [-0.2, 0) is 28.1 Å². The van der Waals surface area contributed by atoms with E-state index in [0.717, 1.165) is 65.3 Å². The average Bonchev–Trinajstić information content (AvgIpc) is 1.53. The Labute approximate surface area is 715 Å². The molecule has 29 heteroatoms. The number of aryl methyl sites for hydroxylation is 1. The van der Waals surface area contributed by atoms with Gasteiger partial charge in [-0.15, -0.1) is 94.1 Å². The number of hydrogen-bond donors (Lipinski definition) is 5. The number of rotatable bonds is 26. The second-order valence-corrected chi connectivity index (χ2v) is 56.7. The molecule has 0 unspecified atom stereocenters. The SMILES string of the molecule is CCCSC1=C(SCCC)SC(=C2Sc3c4[nH]c(c3S2)C(C)(C)c2[nH]c(c3c2SC(=C2SC(SCCC)=C(SCCC)S2)S3)C(C)(C)c2[nH]c(c3c2SC(=C2SC(SCCC)=C(SCCCc5ccc(O)cc5)S2)S3)C(C)(C)c2[nH]c(c3c2SC(=C2SC(SCCC)=C(SCCC)S2)S3)C4(C)C)S1. The number of benzene rings is 1. The van der Waals surface area contributed by atoms with Crippen LogP contribution in [0.3, 0.4) is 0 Å². The van der Waals surface area contributed by atoms with Crippen molar-refractivity contribution in [3.63, 3.8) is 0 Å². The summed E-state index contributed by atoms with van der Waals surface area (Å²) < 4.78 is 23.3. The first kappa shape index (κ1) is 82.0. The molecule has 5 nitrogen and oxygen atoms in total. The van der Waals surface area contributed by atoms with Crippen molar-refractivity contribution >= 4 is 282 Å². The molecular weight excluding hydrogens is 1730 g/mol. The zero-order valence-corrected chi connectivity index (χ0v) is 80.2. The van der Waals surface area contributed by atoms with Crippen LogP contribution >= 0.6 is 282 Å². The Hall–Kier alpha value is 2.46. The van der Waals surface area contributed by atoms with Gasteiger partial charge in [0.2, 0.25) is 0 Å². The second-order valence-electron chi connectivity index (χ2n) is 27.4. The van der Waals surface area contributed by atoms with Gasteiger partial charge in [0.15, 0.2) is 0 Å². The molecule has 103 heavy (non-hydrogen) atoms. The number of thioether (sulfide) groups is 24. The summed E-state index contributed by atoms with van der Waals surface area (Å²) in [5, 5.41) is 10.0. The highest BCUT2D eigenvalue weighted by Crippen LogP contribution is 2.74. The fraction of sp³-hybridized carbons (Fsp3) is 0.486. The van der Waals surface area contributed by atoms with E-state index < -0.39 is 21.7 Å². The van der Waals surface area contributed by atoms with Gasteiger partial charge in [-0.3, -0.25) is 0 Å². The standard InChI is InChI=1S/C74H88N4OS24/c1-16-29-80-55-56(81-30-17-2)97-67(96-55)63-88-39-40(89-63)48-72(10,11)50-42-44(93-65(91-42)69-100-59(84-33-20-5)60(101-69)85-34-21-6)52(77-50)74(14,15)54-46-45(94-66(95-46)70-102-61(86-35-22-7)62(103-70)87-36-23-24-37-25-27-38(79)28-26-37)53(78-54)73(12,13)51-43-41(49(76-51)71(8,9)47(39)75-48)90-64(92-43)68-98-57(82-31-18-3)58(99-68)83-32-19-4/h25-28,75-79H,16-24,29-36H2,1-15H3. The van der Waals surface area contributed by atoms with E-state index in [0.29, 0.717) is 5.75 Å². The zero-order chi connectivity index (χ0) is 72.3. The monoisotopic (exact) mass is 1820 g/mol. The molecule has 9 aliphatic rings. The molecule has 554 valence electrons. The third-order valence-corrected chi connectivity index (χ3v) is 54.1. The summed E-state index contributed by atoms with van der Waals surface area (Å²) in [6, 6.07) is 7.79. The number of phenols is 1. The highest BCUT2D eigenvalue weighted by molar-refractivity contribution is 8.45. The van der Waals surface area contributed by atoms with Crippen LogP contribution in [0, 0.1) is 0 Å². The Bertz CT molecular complexity index is 4130. The number of fused-ring (bicyclic) bond motifs is 20. The molecule has 0 atom stereocenters. The van der Waals surface area contributed by atoms with Crippen molar-refractivity contribution in [2.45, 2.75) is 222 Å². The minimum Gasteiger partial charge on any atom is -0.508 e. The van der Waals surface area contributed by atoms with Gasteiger partial charge in [0.05, 0.1) is 67.8 Å². The van der Waals surface area contributed by atoms with Crippen molar-refractivity contribution in [2.24, 2.45) is 0 Å². The molecule has 0 fully saturated rings. The molecule has 0 radical (unpaired) electrons. The third-order valence-electron chi connectivity index (χ3n) is 17.9. The first-order chi connectivity index (χ1) is 49.6. The lowest BCUT2D eigenvalue weighted by atomic mass is 9.85. The number of phenolic OH excluding ortho intramolecular Hbond substituents is 1. The predicted octanol–water partition coefficient (Wildman–Crippen LogP) is 32.4. The van der Waals surface area contributed by atoms with Crippen LogP contribution in [0.15, 0.2) is 131 Å². The fourth-order valence-corrected chi connectivity index (χ4v) is 48.5. The number of hydrogen-bond acceptors (Lipinski definition) is 25. The summed E-state index contributed by atoms with van der Waals surface area (Å²) in [5.74, 6) is 9.34.